The number of piperidine rings is 1. The summed E-state index contributed by atoms with van der Waals surface area (Å²) in [6.45, 7) is 15.2. The molecule has 3 N–H and O–H groups in total. The minimum Gasteiger partial charge on any atom is -0.368 e. The van der Waals surface area contributed by atoms with E-state index in [0.29, 0.717) is 36.2 Å². The van der Waals surface area contributed by atoms with Crippen LogP contribution in [-0.2, 0) is 4.79 Å². The third-order valence-electron chi connectivity index (χ3n) is 5.25. The van der Waals surface area contributed by atoms with Gasteiger partial charge in [0.1, 0.15) is 0 Å². The Balaban J connectivity index is 0.000000817. The fraction of sp³-hybridized carbons (Fsp3) is 0.737. The number of rotatable bonds is 4. The smallest absolute Gasteiger partial charge is 0.246 e. The molecule has 152 valence electrons. The van der Waals surface area contributed by atoms with E-state index in [1.807, 2.05) is 11.8 Å². The van der Waals surface area contributed by atoms with Crippen molar-refractivity contribution in [2.24, 2.45) is 5.92 Å². The molecular formula is C19H35N7O. The van der Waals surface area contributed by atoms with E-state index >= 15 is 0 Å². The molecule has 0 radical (unpaired) electrons. The van der Waals surface area contributed by atoms with Gasteiger partial charge in [-0.1, -0.05) is 6.08 Å². The van der Waals surface area contributed by atoms with Crippen LogP contribution in [0.15, 0.2) is 12.7 Å². The molecule has 0 aliphatic carbocycles. The van der Waals surface area contributed by atoms with E-state index in [-0.39, 0.29) is 0 Å². The number of carbonyl (C=O) groups excluding carboxylic acids is 1. The Morgan fingerprint density at radius 1 is 1.26 bits per heavy atom. The predicted molar refractivity (Wildman–Crippen MR) is 110 cm³/mol. The van der Waals surface area contributed by atoms with Gasteiger partial charge < -0.3 is 15.5 Å². The molecule has 1 aromatic rings. The average molecular weight is 378 g/mol. The third kappa shape index (κ3) is 6.23. The number of piperazine rings is 1. The Morgan fingerprint density at radius 2 is 1.85 bits per heavy atom. The summed E-state index contributed by atoms with van der Waals surface area (Å²) in [5.74, 6) is 1.80. The van der Waals surface area contributed by atoms with E-state index in [1.54, 1.807) is 6.08 Å². The summed E-state index contributed by atoms with van der Waals surface area (Å²) in [7, 11) is 0. The van der Waals surface area contributed by atoms with Gasteiger partial charge in [0.05, 0.1) is 0 Å². The summed E-state index contributed by atoms with van der Waals surface area (Å²) >= 11 is 0. The first kappa shape index (κ1) is 21.2. The third-order valence-corrected chi connectivity index (χ3v) is 5.25. The molecule has 2 fully saturated rings. The number of aromatic nitrogens is 3. The van der Waals surface area contributed by atoms with Crippen LogP contribution < -0.4 is 10.6 Å². The van der Waals surface area contributed by atoms with Crippen LogP contribution in [0.3, 0.4) is 0 Å². The summed E-state index contributed by atoms with van der Waals surface area (Å²) in [5.41, 5.74) is 5.58. The Morgan fingerprint density at radius 3 is 2.33 bits per heavy atom. The molecular weight excluding hydrogens is 342 g/mol. The number of hydrogen-bond acceptors (Lipinski definition) is 6. The van der Waals surface area contributed by atoms with Crippen LogP contribution in [0.4, 0.5) is 11.9 Å². The van der Waals surface area contributed by atoms with Gasteiger partial charge in [-0.3, -0.25) is 9.69 Å². The first-order valence-electron chi connectivity index (χ1n) is 9.96. The van der Waals surface area contributed by atoms with Gasteiger partial charge in [0.25, 0.3) is 0 Å². The van der Waals surface area contributed by atoms with Crippen LogP contribution >= 0.6 is 0 Å². The maximum Gasteiger partial charge on any atom is 0.246 e. The van der Waals surface area contributed by atoms with Crippen LogP contribution in [0.25, 0.3) is 0 Å². The number of anilines is 2. The van der Waals surface area contributed by atoms with Crippen LogP contribution in [0.1, 0.15) is 40.0 Å². The molecule has 8 nitrogen and oxygen atoms in total. The fourth-order valence-electron chi connectivity index (χ4n) is 3.61. The molecule has 0 spiro atoms. The number of carbonyl (C=O) groups is 1. The summed E-state index contributed by atoms with van der Waals surface area (Å²) < 4.78 is 0. The number of H-pyrrole nitrogens is 1. The molecule has 2 aliphatic rings. The summed E-state index contributed by atoms with van der Waals surface area (Å²) in [4.78, 5) is 23.3. The highest BCUT2D eigenvalue weighted by Gasteiger charge is 2.27. The Labute approximate surface area is 162 Å². The van der Waals surface area contributed by atoms with Crippen molar-refractivity contribution in [1.82, 2.24) is 25.0 Å². The molecule has 0 bridgehead atoms. The van der Waals surface area contributed by atoms with Crippen molar-refractivity contribution in [2.75, 3.05) is 49.9 Å². The van der Waals surface area contributed by atoms with E-state index in [0.717, 1.165) is 52.1 Å². The molecule has 1 aromatic heterocycles. The second kappa shape index (κ2) is 10.3. The number of amides is 1. The number of nitrogens with one attached hydrogen (secondary N) is 1. The quantitative estimate of drug-likeness (QED) is 0.776. The minimum absolute atomic E-state index is 0.319. The monoisotopic (exact) mass is 377 g/mol. The lowest BCUT2D eigenvalue weighted by Crippen LogP contribution is -2.51. The largest absolute Gasteiger partial charge is 0.368 e. The molecule has 27 heavy (non-hydrogen) atoms. The zero-order valence-corrected chi connectivity index (χ0v) is 17.0. The molecule has 0 saturated carbocycles. The number of aromatic amines is 1. The van der Waals surface area contributed by atoms with Crippen LogP contribution in [0, 0.1) is 5.92 Å². The normalized spacial score (nSPS) is 19.0. The Bertz CT molecular complexity index is 585. The van der Waals surface area contributed by atoms with Gasteiger partial charge in [-0.25, -0.2) is 5.10 Å². The highest BCUT2D eigenvalue weighted by molar-refractivity contribution is 5.76. The lowest BCUT2D eigenvalue weighted by molar-refractivity contribution is -0.134. The minimum atomic E-state index is 0.319. The number of nitrogen functional groups attached to an aromatic ring is 1. The SMILES string of the molecule is C=CC.CC(C)N1CCN(C(=O)CC2CCN(c3n[nH]c(N)n3)CC2)CC1. The van der Waals surface area contributed by atoms with E-state index in [9.17, 15) is 4.79 Å². The Hall–Kier alpha value is -2.09. The summed E-state index contributed by atoms with van der Waals surface area (Å²) in [5, 5.41) is 6.78. The molecule has 2 saturated heterocycles. The molecule has 2 aliphatic heterocycles. The zero-order chi connectivity index (χ0) is 19.8. The lowest BCUT2D eigenvalue weighted by atomic mass is 9.93. The summed E-state index contributed by atoms with van der Waals surface area (Å²) in [6.07, 6.45) is 4.43. The molecule has 3 heterocycles. The van der Waals surface area contributed by atoms with Crippen molar-refractivity contribution in [3.8, 4) is 0 Å². The second-order valence-electron chi connectivity index (χ2n) is 7.57. The Kier molecular flexibility index (Phi) is 8.09. The van der Waals surface area contributed by atoms with Crippen molar-refractivity contribution in [2.45, 2.75) is 46.1 Å². The van der Waals surface area contributed by atoms with Crippen LogP contribution in [0.2, 0.25) is 0 Å². The highest BCUT2D eigenvalue weighted by Crippen LogP contribution is 2.24. The molecule has 0 atom stereocenters. The van der Waals surface area contributed by atoms with E-state index in [1.165, 1.54) is 0 Å². The molecule has 0 aromatic carbocycles. The number of allylic oxidation sites excluding steroid dienone is 1. The molecule has 8 heteroatoms. The van der Waals surface area contributed by atoms with Crippen molar-refractivity contribution in [3.05, 3.63) is 12.7 Å². The van der Waals surface area contributed by atoms with Crippen molar-refractivity contribution < 1.29 is 4.79 Å². The van der Waals surface area contributed by atoms with Crippen molar-refractivity contribution in [1.29, 1.82) is 0 Å². The van der Waals surface area contributed by atoms with Crippen molar-refractivity contribution in [3.63, 3.8) is 0 Å². The van der Waals surface area contributed by atoms with Gasteiger partial charge in [-0.15, -0.1) is 11.7 Å². The number of hydrogen-bond donors (Lipinski definition) is 2. The van der Waals surface area contributed by atoms with Gasteiger partial charge in [-0.05, 0) is 39.5 Å². The predicted octanol–water partition coefficient (Wildman–Crippen LogP) is 1.74. The van der Waals surface area contributed by atoms with E-state index in [2.05, 4.69) is 45.4 Å². The van der Waals surface area contributed by atoms with Crippen molar-refractivity contribution >= 4 is 17.8 Å². The highest BCUT2D eigenvalue weighted by atomic mass is 16.2. The standard InChI is InChI=1S/C16H29N7O.C3H6/c1-12(2)21-7-9-22(10-8-21)14(24)11-13-3-5-23(6-4-13)16-18-15(17)19-20-16;1-3-2/h12-13H,3-11H2,1-2H3,(H3,17,18,19,20);3H,1H2,2H3. The second-order valence-corrected chi connectivity index (χ2v) is 7.57. The average Bonchev–Trinajstić information content (AvgIpc) is 3.09. The van der Waals surface area contributed by atoms with Gasteiger partial charge in [0.2, 0.25) is 17.8 Å². The topological polar surface area (TPSA) is 94.4 Å². The first-order valence-corrected chi connectivity index (χ1v) is 9.96. The zero-order valence-electron chi connectivity index (χ0n) is 17.0. The van der Waals surface area contributed by atoms with E-state index in [4.69, 9.17) is 5.73 Å². The summed E-state index contributed by atoms with van der Waals surface area (Å²) in [6, 6.07) is 0.566. The number of nitrogens with zero attached hydrogens (tertiary/aromatic N) is 5. The van der Waals surface area contributed by atoms with Crippen LogP contribution in [0.5, 0.6) is 0 Å². The lowest BCUT2D eigenvalue weighted by Gasteiger charge is -2.38. The fourth-order valence-corrected chi connectivity index (χ4v) is 3.61. The van der Waals surface area contributed by atoms with Gasteiger partial charge in [0, 0.05) is 51.7 Å². The molecule has 0 unspecified atom stereocenters. The molecule has 3 rings (SSSR count). The van der Waals surface area contributed by atoms with Gasteiger partial charge in [0.15, 0.2) is 0 Å². The maximum atomic E-state index is 12.5. The van der Waals surface area contributed by atoms with E-state index < -0.39 is 0 Å². The van der Waals surface area contributed by atoms with Gasteiger partial charge in [-0.2, -0.15) is 4.98 Å². The maximum absolute atomic E-state index is 12.5. The first-order chi connectivity index (χ1) is 12.9. The van der Waals surface area contributed by atoms with Gasteiger partial charge >= 0.3 is 0 Å². The number of nitrogens with two attached hydrogens (primary N) is 1. The molecule has 1 amide bonds. The van der Waals surface area contributed by atoms with Crippen LogP contribution in [-0.4, -0.2) is 76.2 Å².